The lowest BCUT2D eigenvalue weighted by Gasteiger charge is -2.34. The standard InChI is InChI=1S/C19H29NO/c1-19(2)10-8-18(9-11-19)21-14-16-5-3-4-15(12-16)13-20-17-6-7-17/h3-5,12,17-18,20H,6-11,13-14H2,1-2H3. The van der Waals surface area contributed by atoms with Crippen LogP contribution in [-0.2, 0) is 17.9 Å². The second kappa shape index (κ2) is 6.50. The molecule has 2 saturated carbocycles. The van der Waals surface area contributed by atoms with E-state index in [1.54, 1.807) is 0 Å². The van der Waals surface area contributed by atoms with E-state index in [1.165, 1.54) is 49.7 Å². The summed E-state index contributed by atoms with van der Waals surface area (Å²) >= 11 is 0. The van der Waals surface area contributed by atoms with Crippen LogP contribution < -0.4 is 5.32 Å². The zero-order valence-electron chi connectivity index (χ0n) is 13.5. The van der Waals surface area contributed by atoms with E-state index in [2.05, 4.69) is 43.4 Å². The van der Waals surface area contributed by atoms with Crippen LogP contribution in [0.5, 0.6) is 0 Å². The number of hydrogen-bond donors (Lipinski definition) is 1. The Balaban J connectivity index is 1.45. The highest BCUT2D eigenvalue weighted by Gasteiger charge is 2.27. The monoisotopic (exact) mass is 287 g/mol. The Hall–Kier alpha value is -0.860. The number of ether oxygens (including phenoxy) is 1. The summed E-state index contributed by atoms with van der Waals surface area (Å²) in [6.07, 6.45) is 8.19. The Morgan fingerprint density at radius 3 is 2.52 bits per heavy atom. The van der Waals surface area contributed by atoms with E-state index >= 15 is 0 Å². The van der Waals surface area contributed by atoms with Gasteiger partial charge in [-0.25, -0.2) is 0 Å². The van der Waals surface area contributed by atoms with Gasteiger partial charge in [-0.1, -0.05) is 38.1 Å². The molecule has 0 amide bonds. The summed E-state index contributed by atoms with van der Waals surface area (Å²) in [7, 11) is 0. The largest absolute Gasteiger partial charge is 0.374 e. The van der Waals surface area contributed by atoms with Crippen LogP contribution >= 0.6 is 0 Å². The van der Waals surface area contributed by atoms with Crippen molar-refractivity contribution in [2.45, 2.75) is 77.7 Å². The van der Waals surface area contributed by atoms with Gasteiger partial charge >= 0.3 is 0 Å². The molecule has 2 fully saturated rings. The summed E-state index contributed by atoms with van der Waals surface area (Å²) in [4.78, 5) is 0. The third kappa shape index (κ3) is 4.82. The molecule has 2 aliphatic rings. The summed E-state index contributed by atoms with van der Waals surface area (Å²) in [5.74, 6) is 0. The first-order chi connectivity index (χ1) is 10.1. The normalized spacial score (nSPS) is 22.4. The molecule has 0 spiro atoms. The topological polar surface area (TPSA) is 21.3 Å². The van der Waals surface area contributed by atoms with Gasteiger partial charge in [0, 0.05) is 12.6 Å². The zero-order chi connectivity index (χ0) is 14.7. The average molecular weight is 287 g/mol. The highest BCUT2D eigenvalue weighted by atomic mass is 16.5. The van der Waals surface area contributed by atoms with Crippen molar-refractivity contribution in [3.05, 3.63) is 35.4 Å². The van der Waals surface area contributed by atoms with Gasteiger partial charge < -0.3 is 10.1 Å². The van der Waals surface area contributed by atoms with Crippen molar-refractivity contribution >= 4 is 0 Å². The fraction of sp³-hybridized carbons (Fsp3) is 0.684. The van der Waals surface area contributed by atoms with Crippen molar-refractivity contribution < 1.29 is 4.74 Å². The Morgan fingerprint density at radius 2 is 1.81 bits per heavy atom. The molecule has 0 radical (unpaired) electrons. The first kappa shape index (κ1) is 15.1. The van der Waals surface area contributed by atoms with E-state index < -0.39 is 0 Å². The van der Waals surface area contributed by atoms with Crippen LogP contribution in [0, 0.1) is 5.41 Å². The molecule has 0 aliphatic heterocycles. The highest BCUT2D eigenvalue weighted by Crippen LogP contribution is 2.36. The van der Waals surface area contributed by atoms with Crippen LogP contribution in [0.3, 0.4) is 0 Å². The predicted molar refractivity (Wildman–Crippen MR) is 87.1 cm³/mol. The lowest BCUT2D eigenvalue weighted by atomic mass is 9.76. The molecule has 116 valence electrons. The van der Waals surface area contributed by atoms with Gasteiger partial charge in [-0.15, -0.1) is 0 Å². The molecule has 0 unspecified atom stereocenters. The summed E-state index contributed by atoms with van der Waals surface area (Å²) in [6.45, 7) is 6.51. The van der Waals surface area contributed by atoms with Crippen molar-refractivity contribution in [2.75, 3.05) is 0 Å². The minimum absolute atomic E-state index is 0.464. The minimum Gasteiger partial charge on any atom is -0.374 e. The molecule has 0 atom stereocenters. The molecule has 2 heteroatoms. The average Bonchev–Trinajstić information content (AvgIpc) is 3.29. The van der Waals surface area contributed by atoms with E-state index in [0.29, 0.717) is 11.5 Å². The van der Waals surface area contributed by atoms with Gasteiger partial charge in [-0.3, -0.25) is 0 Å². The molecule has 1 aromatic rings. The number of benzene rings is 1. The van der Waals surface area contributed by atoms with Crippen LogP contribution in [0.4, 0.5) is 0 Å². The Morgan fingerprint density at radius 1 is 1.10 bits per heavy atom. The molecule has 0 saturated heterocycles. The van der Waals surface area contributed by atoms with Gasteiger partial charge in [0.2, 0.25) is 0 Å². The second-order valence-corrected chi connectivity index (χ2v) is 7.65. The molecule has 0 bridgehead atoms. The van der Waals surface area contributed by atoms with E-state index in [-0.39, 0.29) is 0 Å². The van der Waals surface area contributed by atoms with Crippen molar-refractivity contribution in [2.24, 2.45) is 5.41 Å². The number of rotatable bonds is 6. The molecule has 0 aromatic heterocycles. The first-order valence-corrected chi connectivity index (χ1v) is 8.54. The summed E-state index contributed by atoms with van der Waals surface area (Å²) in [6, 6.07) is 9.62. The van der Waals surface area contributed by atoms with Crippen LogP contribution in [-0.4, -0.2) is 12.1 Å². The molecule has 21 heavy (non-hydrogen) atoms. The van der Waals surface area contributed by atoms with Crippen LogP contribution in [0.2, 0.25) is 0 Å². The Bertz CT molecular complexity index is 454. The first-order valence-electron chi connectivity index (χ1n) is 8.54. The third-order valence-electron chi connectivity index (χ3n) is 4.94. The molecule has 3 rings (SSSR count). The molecule has 0 heterocycles. The van der Waals surface area contributed by atoms with E-state index in [0.717, 1.165) is 19.2 Å². The summed E-state index contributed by atoms with van der Waals surface area (Å²) in [5, 5.41) is 3.57. The van der Waals surface area contributed by atoms with Crippen LogP contribution in [0.25, 0.3) is 0 Å². The lowest BCUT2D eigenvalue weighted by molar-refractivity contribution is -0.00560. The van der Waals surface area contributed by atoms with Crippen molar-refractivity contribution in [3.8, 4) is 0 Å². The van der Waals surface area contributed by atoms with Gasteiger partial charge in [-0.05, 0) is 55.1 Å². The second-order valence-electron chi connectivity index (χ2n) is 7.65. The maximum atomic E-state index is 6.13. The van der Waals surface area contributed by atoms with Crippen molar-refractivity contribution in [1.29, 1.82) is 0 Å². The summed E-state index contributed by atoms with van der Waals surface area (Å²) < 4.78 is 6.13. The van der Waals surface area contributed by atoms with Gasteiger partial charge in [-0.2, -0.15) is 0 Å². The predicted octanol–water partition coefficient (Wildman–Crippen LogP) is 4.42. The number of hydrogen-bond acceptors (Lipinski definition) is 2. The van der Waals surface area contributed by atoms with Crippen molar-refractivity contribution in [3.63, 3.8) is 0 Å². The Labute approximate surface area is 129 Å². The fourth-order valence-corrected chi connectivity index (χ4v) is 3.13. The van der Waals surface area contributed by atoms with Crippen LogP contribution in [0.15, 0.2) is 24.3 Å². The zero-order valence-corrected chi connectivity index (χ0v) is 13.5. The maximum Gasteiger partial charge on any atom is 0.0720 e. The molecule has 2 nitrogen and oxygen atoms in total. The van der Waals surface area contributed by atoms with Gasteiger partial charge in [0.05, 0.1) is 12.7 Å². The maximum absolute atomic E-state index is 6.13. The van der Waals surface area contributed by atoms with E-state index in [1.807, 2.05) is 0 Å². The molecular weight excluding hydrogens is 258 g/mol. The van der Waals surface area contributed by atoms with E-state index in [4.69, 9.17) is 4.74 Å². The van der Waals surface area contributed by atoms with Gasteiger partial charge in [0.15, 0.2) is 0 Å². The Kier molecular flexibility index (Phi) is 4.66. The highest BCUT2D eigenvalue weighted by molar-refractivity contribution is 5.23. The fourth-order valence-electron chi connectivity index (χ4n) is 3.13. The lowest BCUT2D eigenvalue weighted by Crippen LogP contribution is -2.26. The van der Waals surface area contributed by atoms with Crippen LogP contribution in [0.1, 0.15) is 63.5 Å². The molecular formula is C19H29NO. The minimum atomic E-state index is 0.464. The molecule has 1 N–H and O–H groups in total. The number of nitrogens with one attached hydrogen (secondary N) is 1. The SMILES string of the molecule is CC1(C)CCC(OCc2cccc(CNC3CC3)c2)CC1. The van der Waals surface area contributed by atoms with Crippen molar-refractivity contribution in [1.82, 2.24) is 5.32 Å². The van der Waals surface area contributed by atoms with Gasteiger partial charge in [0.1, 0.15) is 0 Å². The quantitative estimate of drug-likeness (QED) is 0.836. The van der Waals surface area contributed by atoms with Gasteiger partial charge in [0.25, 0.3) is 0 Å². The smallest absolute Gasteiger partial charge is 0.0720 e. The third-order valence-corrected chi connectivity index (χ3v) is 4.94. The summed E-state index contributed by atoms with van der Waals surface area (Å²) in [5.41, 5.74) is 3.22. The molecule has 2 aliphatic carbocycles. The van der Waals surface area contributed by atoms with E-state index in [9.17, 15) is 0 Å². The molecule has 1 aromatic carbocycles.